The normalized spacial score (nSPS) is 24.7. The van der Waals surface area contributed by atoms with E-state index in [4.69, 9.17) is 10.00 Å². The summed E-state index contributed by atoms with van der Waals surface area (Å²) < 4.78 is 5.63. The standard InChI is InChI=1S/C12H10N2O2/c13-7-12(5-6-12)10-11(15)14-8-3-1-2-4-9(8)16-10/h1-4,10H,5-6H2,(H,14,15). The molecule has 1 amide bonds. The van der Waals surface area contributed by atoms with Crippen LogP contribution in [0.3, 0.4) is 0 Å². The summed E-state index contributed by atoms with van der Waals surface area (Å²) in [5.41, 5.74) is 0.0786. The number of nitrogens with zero attached hydrogens (tertiary/aromatic N) is 1. The molecule has 1 unspecified atom stereocenters. The molecule has 1 aromatic carbocycles. The first-order chi connectivity index (χ1) is 7.75. The Balaban J connectivity index is 1.96. The molecule has 0 spiro atoms. The third-order valence-electron chi connectivity index (χ3n) is 3.14. The Kier molecular flexibility index (Phi) is 1.72. The number of nitrogens with one attached hydrogen (secondary N) is 1. The third-order valence-corrected chi connectivity index (χ3v) is 3.14. The van der Waals surface area contributed by atoms with Crippen molar-refractivity contribution in [3.05, 3.63) is 24.3 Å². The van der Waals surface area contributed by atoms with Gasteiger partial charge in [-0.3, -0.25) is 4.79 Å². The van der Waals surface area contributed by atoms with Crippen LogP contribution in [-0.4, -0.2) is 12.0 Å². The van der Waals surface area contributed by atoms with E-state index in [1.54, 1.807) is 12.1 Å². The minimum atomic E-state index is -0.660. The first kappa shape index (κ1) is 9.22. The molecule has 1 aliphatic carbocycles. The van der Waals surface area contributed by atoms with Gasteiger partial charge >= 0.3 is 0 Å². The van der Waals surface area contributed by atoms with Gasteiger partial charge in [-0.2, -0.15) is 5.26 Å². The molecule has 1 fully saturated rings. The maximum atomic E-state index is 11.8. The van der Waals surface area contributed by atoms with Gasteiger partial charge in [0, 0.05) is 0 Å². The highest BCUT2D eigenvalue weighted by Gasteiger charge is 2.56. The van der Waals surface area contributed by atoms with Crippen LogP contribution in [0, 0.1) is 16.7 Å². The molecule has 0 bridgehead atoms. The fraction of sp³-hybridized carbons (Fsp3) is 0.333. The maximum Gasteiger partial charge on any atom is 0.267 e. The first-order valence-corrected chi connectivity index (χ1v) is 5.23. The van der Waals surface area contributed by atoms with Crippen molar-refractivity contribution in [1.82, 2.24) is 0 Å². The van der Waals surface area contributed by atoms with E-state index in [1.807, 2.05) is 12.1 Å². The van der Waals surface area contributed by atoms with E-state index in [0.717, 1.165) is 12.8 Å². The lowest BCUT2D eigenvalue weighted by Crippen LogP contribution is -2.43. The van der Waals surface area contributed by atoms with E-state index in [-0.39, 0.29) is 5.91 Å². The van der Waals surface area contributed by atoms with Crippen molar-refractivity contribution in [2.45, 2.75) is 18.9 Å². The molecule has 16 heavy (non-hydrogen) atoms. The van der Waals surface area contributed by atoms with Crippen LogP contribution in [0.4, 0.5) is 5.69 Å². The second-order valence-corrected chi connectivity index (χ2v) is 4.25. The summed E-state index contributed by atoms with van der Waals surface area (Å²) in [6.45, 7) is 0. The minimum absolute atomic E-state index is 0.210. The minimum Gasteiger partial charge on any atom is -0.477 e. The summed E-state index contributed by atoms with van der Waals surface area (Å²) in [5.74, 6) is 0.436. The molecule has 3 rings (SSSR count). The lowest BCUT2D eigenvalue weighted by atomic mass is 9.99. The number of carbonyl (C=O) groups excluding carboxylic acids is 1. The number of carbonyl (C=O) groups is 1. The van der Waals surface area contributed by atoms with Crippen molar-refractivity contribution in [1.29, 1.82) is 5.26 Å². The van der Waals surface area contributed by atoms with Crippen molar-refractivity contribution in [3.63, 3.8) is 0 Å². The summed E-state index contributed by atoms with van der Waals surface area (Å²) in [6, 6.07) is 9.47. The van der Waals surface area contributed by atoms with Crippen molar-refractivity contribution in [3.8, 4) is 11.8 Å². The molecule has 4 heteroatoms. The monoisotopic (exact) mass is 214 g/mol. The molecule has 1 heterocycles. The predicted molar refractivity (Wildman–Crippen MR) is 56.8 cm³/mol. The SMILES string of the molecule is N#CC1(C2Oc3ccccc3NC2=O)CC1. The third kappa shape index (κ3) is 1.18. The zero-order valence-electron chi connectivity index (χ0n) is 8.56. The van der Waals surface area contributed by atoms with Gasteiger partial charge in [0.15, 0.2) is 6.10 Å². The number of amides is 1. The van der Waals surface area contributed by atoms with Crippen LogP contribution in [0.25, 0.3) is 0 Å². The van der Waals surface area contributed by atoms with Crippen molar-refractivity contribution >= 4 is 11.6 Å². The Labute approximate surface area is 92.8 Å². The number of hydrogen-bond donors (Lipinski definition) is 1. The number of anilines is 1. The molecule has 4 nitrogen and oxygen atoms in total. The highest BCUT2D eigenvalue weighted by atomic mass is 16.5. The number of nitriles is 1. The zero-order chi connectivity index (χ0) is 11.2. The van der Waals surface area contributed by atoms with E-state index in [9.17, 15) is 4.79 Å². The second-order valence-electron chi connectivity index (χ2n) is 4.25. The van der Waals surface area contributed by atoms with Crippen LogP contribution in [0.5, 0.6) is 5.75 Å². The highest BCUT2D eigenvalue weighted by Crippen LogP contribution is 2.51. The lowest BCUT2D eigenvalue weighted by molar-refractivity contribution is -0.125. The Hall–Kier alpha value is -2.02. The lowest BCUT2D eigenvalue weighted by Gasteiger charge is -2.28. The first-order valence-electron chi connectivity index (χ1n) is 5.23. The van der Waals surface area contributed by atoms with Gasteiger partial charge in [-0.1, -0.05) is 12.1 Å². The molecule has 1 aromatic rings. The maximum absolute atomic E-state index is 11.8. The van der Waals surface area contributed by atoms with Crippen LogP contribution < -0.4 is 10.1 Å². The number of hydrogen-bond acceptors (Lipinski definition) is 3. The Morgan fingerprint density at radius 1 is 1.44 bits per heavy atom. The molecule has 1 N–H and O–H groups in total. The fourth-order valence-electron chi connectivity index (χ4n) is 1.98. The largest absolute Gasteiger partial charge is 0.477 e. The second kappa shape index (κ2) is 2.99. The van der Waals surface area contributed by atoms with Crippen molar-refractivity contribution < 1.29 is 9.53 Å². The fourth-order valence-corrected chi connectivity index (χ4v) is 1.98. The van der Waals surface area contributed by atoms with Crippen LogP contribution >= 0.6 is 0 Å². The number of para-hydroxylation sites is 2. The van der Waals surface area contributed by atoms with Gasteiger partial charge in [0.2, 0.25) is 0 Å². The molecular weight excluding hydrogens is 204 g/mol. The summed E-state index contributed by atoms with van der Waals surface area (Å²) in [4.78, 5) is 11.8. The number of rotatable bonds is 1. The van der Waals surface area contributed by atoms with Crippen LogP contribution in [0.2, 0.25) is 0 Å². The summed E-state index contributed by atoms with van der Waals surface area (Å²) in [7, 11) is 0. The Morgan fingerprint density at radius 3 is 2.88 bits per heavy atom. The Morgan fingerprint density at radius 2 is 2.19 bits per heavy atom. The molecular formula is C12H10N2O2. The van der Waals surface area contributed by atoms with Gasteiger partial charge in [-0.15, -0.1) is 0 Å². The van der Waals surface area contributed by atoms with E-state index >= 15 is 0 Å². The quantitative estimate of drug-likeness (QED) is 0.773. The molecule has 0 aromatic heterocycles. The molecule has 0 saturated heterocycles. The number of fused-ring (bicyclic) bond motifs is 1. The average Bonchev–Trinajstić information content (AvgIpc) is 3.09. The van der Waals surface area contributed by atoms with Crippen molar-refractivity contribution in [2.24, 2.45) is 5.41 Å². The molecule has 1 saturated carbocycles. The molecule has 1 atom stereocenters. The van der Waals surface area contributed by atoms with E-state index < -0.39 is 11.5 Å². The van der Waals surface area contributed by atoms with Gasteiger partial charge in [0.05, 0.1) is 11.8 Å². The van der Waals surface area contributed by atoms with Gasteiger partial charge < -0.3 is 10.1 Å². The van der Waals surface area contributed by atoms with Gasteiger partial charge in [0.1, 0.15) is 11.2 Å². The smallest absolute Gasteiger partial charge is 0.267 e. The van der Waals surface area contributed by atoms with E-state index in [2.05, 4.69) is 11.4 Å². The topological polar surface area (TPSA) is 62.1 Å². The molecule has 0 radical (unpaired) electrons. The highest BCUT2D eigenvalue weighted by molar-refractivity contribution is 5.98. The van der Waals surface area contributed by atoms with Gasteiger partial charge in [-0.05, 0) is 25.0 Å². The predicted octanol–water partition coefficient (Wildman–Crippen LogP) is 1.69. The van der Waals surface area contributed by atoms with Crippen LogP contribution in [0.1, 0.15) is 12.8 Å². The van der Waals surface area contributed by atoms with Gasteiger partial charge in [0.25, 0.3) is 5.91 Å². The van der Waals surface area contributed by atoms with Crippen molar-refractivity contribution in [2.75, 3.05) is 5.32 Å². The summed E-state index contributed by atoms with van der Waals surface area (Å²) in [6.07, 6.45) is 0.820. The molecule has 1 aliphatic heterocycles. The molecule has 2 aliphatic rings. The summed E-state index contributed by atoms with van der Waals surface area (Å²) >= 11 is 0. The summed E-state index contributed by atoms with van der Waals surface area (Å²) in [5, 5.41) is 11.8. The number of ether oxygens (including phenoxy) is 1. The van der Waals surface area contributed by atoms with Crippen LogP contribution in [-0.2, 0) is 4.79 Å². The number of benzene rings is 1. The van der Waals surface area contributed by atoms with Gasteiger partial charge in [-0.25, -0.2) is 0 Å². The molecule has 80 valence electrons. The zero-order valence-corrected chi connectivity index (χ0v) is 8.56. The van der Waals surface area contributed by atoms with Crippen LogP contribution in [0.15, 0.2) is 24.3 Å². The van der Waals surface area contributed by atoms with E-state index in [0.29, 0.717) is 11.4 Å². The van der Waals surface area contributed by atoms with E-state index in [1.165, 1.54) is 0 Å². The Bertz CT molecular complexity index is 500. The average molecular weight is 214 g/mol.